The van der Waals surface area contributed by atoms with E-state index in [1.807, 2.05) is 0 Å². The van der Waals surface area contributed by atoms with E-state index in [4.69, 9.17) is 9.47 Å². The maximum Gasteiger partial charge on any atom is 0.348 e. The van der Waals surface area contributed by atoms with E-state index in [-0.39, 0.29) is 11.3 Å². The minimum absolute atomic E-state index is 0.284. The number of nitro groups is 1. The SMILES string of the molecule is CC1(C)OC(=O)C(=Cc2cc([N+](=O)[O-])ccc2F)C(=O)O1. The molecule has 1 fully saturated rings. The fourth-order valence-corrected chi connectivity index (χ4v) is 1.69. The number of non-ortho nitro benzene ring substituents is 1. The maximum absolute atomic E-state index is 13.6. The summed E-state index contributed by atoms with van der Waals surface area (Å²) in [5.74, 6) is -4.20. The lowest BCUT2D eigenvalue weighted by atomic mass is 10.1. The summed E-state index contributed by atoms with van der Waals surface area (Å²) in [6, 6.07) is 2.74. The maximum atomic E-state index is 13.6. The van der Waals surface area contributed by atoms with Crippen LogP contribution in [0.1, 0.15) is 19.4 Å². The Labute approximate surface area is 118 Å². The zero-order valence-corrected chi connectivity index (χ0v) is 11.1. The Morgan fingerprint density at radius 3 is 2.33 bits per heavy atom. The van der Waals surface area contributed by atoms with E-state index in [0.717, 1.165) is 24.3 Å². The van der Waals surface area contributed by atoms with Crippen LogP contribution in [0.3, 0.4) is 0 Å². The number of cyclic esters (lactones) is 2. The topological polar surface area (TPSA) is 95.7 Å². The molecule has 1 aromatic carbocycles. The monoisotopic (exact) mass is 295 g/mol. The zero-order valence-electron chi connectivity index (χ0n) is 11.1. The van der Waals surface area contributed by atoms with Crippen LogP contribution in [-0.4, -0.2) is 22.6 Å². The van der Waals surface area contributed by atoms with Gasteiger partial charge in [0.25, 0.3) is 11.5 Å². The van der Waals surface area contributed by atoms with E-state index < -0.39 is 34.0 Å². The molecule has 2 rings (SSSR count). The molecule has 1 aromatic rings. The van der Waals surface area contributed by atoms with E-state index in [2.05, 4.69) is 0 Å². The second-order valence-electron chi connectivity index (χ2n) is 4.70. The number of ether oxygens (including phenoxy) is 2. The van der Waals surface area contributed by atoms with Gasteiger partial charge < -0.3 is 9.47 Å². The Hall–Kier alpha value is -2.77. The van der Waals surface area contributed by atoms with Gasteiger partial charge in [-0.3, -0.25) is 10.1 Å². The van der Waals surface area contributed by atoms with Crippen LogP contribution in [0.5, 0.6) is 0 Å². The lowest BCUT2D eigenvalue weighted by Crippen LogP contribution is -2.41. The van der Waals surface area contributed by atoms with Crippen LogP contribution < -0.4 is 0 Å². The summed E-state index contributed by atoms with van der Waals surface area (Å²) in [5.41, 5.74) is -1.19. The van der Waals surface area contributed by atoms with Crippen molar-refractivity contribution in [2.45, 2.75) is 19.6 Å². The van der Waals surface area contributed by atoms with E-state index in [0.29, 0.717) is 0 Å². The third-order valence-electron chi connectivity index (χ3n) is 2.61. The summed E-state index contributed by atoms with van der Waals surface area (Å²) in [7, 11) is 0. The molecule has 0 saturated carbocycles. The van der Waals surface area contributed by atoms with Crippen molar-refractivity contribution < 1.29 is 28.4 Å². The largest absolute Gasteiger partial charge is 0.419 e. The minimum Gasteiger partial charge on any atom is -0.419 e. The van der Waals surface area contributed by atoms with Crippen LogP contribution in [0, 0.1) is 15.9 Å². The van der Waals surface area contributed by atoms with Gasteiger partial charge in [-0.1, -0.05) is 0 Å². The molecule has 0 aliphatic carbocycles. The van der Waals surface area contributed by atoms with Crippen LogP contribution in [0.4, 0.5) is 10.1 Å². The van der Waals surface area contributed by atoms with Gasteiger partial charge in [0.15, 0.2) is 0 Å². The molecule has 8 heteroatoms. The highest BCUT2D eigenvalue weighted by atomic mass is 19.1. The lowest BCUT2D eigenvalue weighted by Gasteiger charge is -2.29. The first-order chi connectivity index (χ1) is 9.69. The number of hydrogen-bond donors (Lipinski definition) is 0. The van der Waals surface area contributed by atoms with E-state index >= 15 is 0 Å². The summed E-state index contributed by atoms with van der Waals surface area (Å²) in [5, 5.41) is 10.6. The van der Waals surface area contributed by atoms with Gasteiger partial charge in [0.1, 0.15) is 11.4 Å². The molecule has 0 bridgehead atoms. The van der Waals surface area contributed by atoms with Crippen molar-refractivity contribution in [2.75, 3.05) is 0 Å². The highest BCUT2D eigenvalue weighted by molar-refractivity contribution is 6.18. The molecular formula is C13H10FNO6. The highest BCUT2D eigenvalue weighted by Crippen LogP contribution is 2.26. The molecule has 0 N–H and O–H groups in total. The first kappa shape index (κ1) is 14.6. The first-order valence-corrected chi connectivity index (χ1v) is 5.82. The number of hydrogen-bond acceptors (Lipinski definition) is 6. The van der Waals surface area contributed by atoms with Crippen molar-refractivity contribution in [1.29, 1.82) is 0 Å². The second-order valence-corrected chi connectivity index (χ2v) is 4.70. The van der Waals surface area contributed by atoms with Gasteiger partial charge in [-0.2, -0.15) is 0 Å². The normalized spacial score (nSPS) is 17.0. The molecule has 21 heavy (non-hydrogen) atoms. The Morgan fingerprint density at radius 2 is 1.81 bits per heavy atom. The fraction of sp³-hybridized carbons (Fsp3) is 0.231. The molecule has 0 unspecified atom stereocenters. The van der Waals surface area contributed by atoms with Crippen LogP contribution in [0.25, 0.3) is 6.08 Å². The average molecular weight is 295 g/mol. The summed E-state index contributed by atoms with van der Waals surface area (Å²) in [6.45, 7) is 2.74. The van der Waals surface area contributed by atoms with Gasteiger partial charge >= 0.3 is 11.9 Å². The van der Waals surface area contributed by atoms with Crippen molar-refractivity contribution in [3.8, 4) is 0 Å². The van der Waals surface area contributed by atoms with E-state index in [1.165, 1.54) is 13.8 Å². The quantitative estimate of drug-likeness (QED) is 0.272. The van der Waals surface area contributed by atoms with Crippen LogP contribution in [0.2, 0.25) is 0 Å². The minimum atomic E-state index is -1.41. The molecule has 0 aromatic heterocycles. The van der Waals surface area contributed by atoms with Crippen LogP contribution in [-0.2, 0) is 19.1 Å². The molecule has 110 valence electrons. The fourth-order valence-electron chi connectivity index (χ4n) is 1.69. The second kappa shape index (κ2) is 4.97. The number of halogens is 1. The standard InChI is InChI=1S/C13H10FNO6/c1-13(2)20-11(16)9(12(17)21-13)6-7-5-8(15(18)19)3-4-10(7)14/h3-6H,1-2H3. The van der Waals surface area contributed by atoms with Gasteiger partial charge in [0, 0.05) is 31.5 Å². The van der Waals surface area contributed by atoms with Crippen molar-refractivity contribution in [3.63, 3.8) is 0 Å². The molecule has 1 saturated heterocycles. The molecule has 0 amide bonds. The number of carbonyl (C=O) groups is 2. The number of benzene rings is 1. The Kier molecular flexibility index (Phi) is 3.46. The summed E-state index contributed by atoms with van der Waals surface area (Å²) < 4.78 is 23.3. The number of esters is 2. The van der Waals surface area contributed by atoms with Gasteiger partial charge in [-0.15, -0.1) is 0 Å². The smallest absolute Gasteiger partial charge is 0.348 e. The van der Waals surface area contributed by atoms with Gasteiger partial charge in [-0.25, -0.2) is 14.0 Å². The van der Waals surface area contributed by atoms with Crippen LogP contribution in [0.15, 0.2) is 23.8 Å². The number of nitrogens with zero attached hydrogens (tertiary/aromatic N) is 1. The molecule has 1 aliphatic heterocycles. The van der Waals surface area contributed by atoms with Gasteiger partial charge in [-0.05, 0) is 12.1 Å². The van der Waals surface area contributed by atoms with Crippen molar-refractivity contribution in [2.24, 2.45) is 0 Å². The molecule has 1 heterocycles. The molecule has 7 nitrogen and oxygen atoms in total. The Balaban J connectivity index is 2.44. The average Bonchev–Trinajstić information content (AvgIpc) is 2.34. The highest BCUT2D eigenvalue weighted by Gasteiger charge is 2.39. The Morgan fingerprint density at radius 1 is 1.24 bits per heavy atom. The predicted molar refractivity (Wildman–Crippen MR) is 67.3 cm³/mol. The molecular weight excluding hydrogens is 285 g/mol. The summed E-state index contributed by atoms with van der Waals surface area (Å²) in [4.78, 5) is 33.3. The van der Waals surface area contributed by atoms with E-state index in [1.54, 1.807) is 0 Å². The molecule has 1 aliphatic rings. The lowest BCUT2D eigenvalue weighted by molar-refractivity contribution is -0.384. The third-order valence-corrected chi connectivity index (χ3v) is 2.61. The van der Waals surface area contributed by atoms with Crippen molar-refractivity contribution >= 4 is 23.7 Å². The van der Waals surface area contributed by atoms with E-state index in [9.17, 15) is 24.1 Å². The van der Waals surface area contributed by atoms with Crippen LogP contribution >= 0.6 is 0 Å². The summed E-state index contributed by atoms with van der Waals surface area (Å²) >= 11 is 0. The zero-order chi connectivity index (χ0) is 15.8. The number of rotatable bonds is 2. The number of carbonyl (C=O) groups excluding carboxylic acids is 2. The third kappa shape index (κ3) is 3.04. The predicted octanol–water partition coefficient (Wildman–Crippen LogP) is 1.95. The summed E-state index contributed by atoms with van der Waals surface area (Å²) in [6.07, 6.45) is 0.863. The molecule has 0 spiro atoms. The number of nitro benzene ring substituents is 1. The molecule has 0 atom stereocenters. The van der Waals surface area contributed by atoms with Crippen molar-refractivity contribution in [3.05, 3.63) is 45.3 Å². The van der Waals surface area contributed by atoms with Gasteiger partial charge in [0.05, 0.1) is 4.92 Å². The van der Waals surface area contributed by atoms with Gasteiger partial charge in [0.2, 0.25) is 0 Å². The van der Waals surface area contributed by atoms with Crippen molar-refractivity contribution in [1.82, 2.24) is 0 Å². The first-order valence-electron chi connectivity index (χ1n) is 5.82. The molecule has 0 radical (unpaired) electrons. The Bertz CT molecular complexity index is 657.